The minimum Gasteiger partial charge on any atom is -0.396 e. The summed E-state index contributed by atoms with van der Waals surface area (Å²) < 4.78 is 2.17. The molecule has 4 heteroatoms. The third-order valence-electron chi connectivity index (χ3n) is 3.13. The van der Waals surface area contributed by atoms with Gasteiger partial charge in [0.15, 0.2) is 0 Å². The van der Waals surface area contributed by atoms with Crippen molar-refractivity contribution in [3.8, 4) is 0 Å². The molecule has 3 N–H and O–H groups in total. The van der Waals surface area contributed by atoms with E-state index in [0.29, 0.717) is 6.54 Å². The molecule has 18 heavy (non-hydrogen) atoms. The van der Waals surface area contributed by atoms with E-state index in [0.717, 1.165) is 36.3 Å². The summed E-state index contributed by atoms with van der Waals surface area (Å²) in [6.45, 7) is 1.73. The van der Waals surface area contributed by atoms with Gasteiger partial charge in [0.05, 0.1) is 0 Å². The van der Waals surface area contributed by atoms with E-state index in [-0.39, 0.29) is 6.61 Å². The van der Waals surface area contributed by atoms with Crippen LogP contribution >= 0.6 is 11.6 Å². The number of halogens is 1. The van der Waals surface area contributed by atoms with Crippen molar-refractivity contribution >= 4 is 22.5 Å². The molecular formula is C14H19ClN2O. The Morgan fingerprint density at radius 2 is 2.11 bits per heavy atom. The lowest BCUT2D eigenvalue weighted by molar-refractivity contribution is 0.280. The summed E-state index contributed by atoms with van der Waals surface area (Å²) in [6, 6.07) is 5.98. The molecule has 0 saturated carbocycles. The number of hydrogen-bond acceptors (Lipinski definition) is 2. The molecule has 0 aliphatic rings. The highest BCUT2D eigenvalue weighted by molar-refractivity contribution is 6.31. The van der Waals surface area contributed by atoms with Crippen LogP contribution in [0.15, 0.2) is 24.4 Å². The van der Waals surface area contributed by atoms with Crippen LogP contribution in [0.3, 0.4) is 0 Å². The van der Waals surface area contributed by atoms with Crippen LogP contribution < -0.4 is 5.73 Å². The Hall–Kier alpha value is -1.03. The molecular weight excluding hydrogens is 248 g/mol. The van der Waals surface area contributed by atoms with E-state index < -0.39 is 0 Å². The standard InChI is InChI=1S/C14H19ClN2O/c15-12-4-5-13-11(3-1-6-16)10-17(7-2-8-18)14(13)9-12/h4-5,9-10,18H,1-3,6-8,16H2. The van der Waals surface area contributed by atoms with E-state index in [9.17, 15) is 0 Å². The normalized spacial score (nSPS) is 11.3. The van der Waals surface area contributed by atoms with E-state index in [4.69, 9.17) is 22.4 Å². The zero-order valence-corrected chi connectivity index (χ0v) is 11.2. The summed E-state index contributed by atoms with van der Waals surface area (Å²) in [5.41, 5.74) is 8.02. The zero-order valence-electron chi connectivity index (χ0n) is 10.4. The van der Waals surface area contributed by atoms with Crippen molar-refractivity contribution in [2.45, 2.75) is 25.8 Å². The minimum atomic E-state index is 0.207. The van der Waals surface area contributed by atoms with E-state index in [1.807, 2.05) is 12.1 Å². The molecule has 3 nitrogen and oxygen atoms in total. The SMILES string of the molecule is NCCCc1cn(CCCO)c2cc(Cl)ccc12. The van der Waals surface area contributed by atoms with Crippen molar-refractivity contribution in [1.82, 2.24) is 4.57 Å². The van der Waals surface area contributed by atoms with Gasteiger partial charge in [0.2, 0.25) is 0 Å². The van der Waals surface area contributed by atoms with Crippen LogP contribution in [0.25, 0.3) is 10.9 Å². The van der Waals surface area contributed by atoms with Crippen LogP contribution in [0, 0.1) is 0 Å². The molecule has 2 rings (SSSR count). The first kappa shape index (κ1) is 13.4. The first-order valence-corrected chi connectivity index (χ1v) is 6.72. The molecule has 1 aromatic carbocycles. The predicted octanol–water partition coefficient (Wildman–Crippen LogP) is 2.57. The van der Waals surface area contributed by atoms with Gasteiger partial charge in [-0.2, -0.15) is 0 Å². The van der Waals surface area contributed by atoms with Crippen LogP contribution in [0.1, 0.15) is 18.4 Å². The molecule has 0 radical (unpaired) electrons. The fraction of sp³-hybridized carbons (Fsp3) is 0.429. The van der Waals surface area contributed by atoms with Gasteiger partial charge in [-0.25, -0.2) is 0 Å². The summed E-state index contributed by atoms with van der Waals surface area (Å²) in [7, 11) is 0. The number of aliphatic hydroxyl groups excluding tert-OH is 1. The number of nitrogens with two attached hydrogens (primary N) is 1. The van der Waals surface area contributed by atoms with Crippen LogP contribution in [0.2, 0.25) is 5.02 Å². The van der Waals surface area contributed by atoms with Gasteiger partial charge < -0.3 is 15.4 Å². The topological polar surface area (TPSA) is 51.2 Å². The van der Waals surface area contributed by atoms with Crippen molar-refractivity contribution in [3.63, 3.8) is 0 Å². The molecule has 0 spiro atoms. The number of aryl methyl sites for hydroxylation is 2. The van der Waals surface area contributed by atoms with Crippen molar-refractivity contribution in [2.75, 3.05) is 13.2 Å². The molecule has 0 unspecified atom stereocenters. The van der Waals surface area contributed by atoms with Crippen LogP contribution in [-0.4, -0.2) is 22.8 Å². The second kappa shape index (κ2) is 6.23. The van der Waals surface area contributed by atoms with Crippen LogP contribution in [0.4, 0.5) is 0 Å². The fourth-order valence-electron chi connectivity index (χ4n) is 2.26. The van der Waals surface area contributed by atoms with Gasteiger partial charge >= 0.3 is 0 Å². The monoisotopic (exact) mass is 266 g/mol. The number of aliphatic hydroxyl groups is 1. The van der Waals surface area contributed by atoms with E-state index in [2.05, 4.69) is 16.8 Å². The molecule has 0 atom stereocenters. The summed E-state index contributed by atoms with van der Waals surface area (Å²) in [5, 5.41) is 10.9. The highest BCUT2D eigenvalue weighted by Crippen LogP contribution is 2.26. The third-order valence-corrected chi connectivity index (χ3v) is 3.37. The van der Waals surface area contributed by atoms with Crippen LogP contribution in [-0.2, 0) is 13.0 Å². The predicted molar refractivity (Wildman–Crippen MR) is 76.0 cm³/mol. The van der Waals surface area contributed by atoms with Crippen LogP contribution in [0.5, 0.6) is 0 Å². The molecule has 0 aliphatic heterocycles. The van der Waals surface area contributed by atoms with Crippen molar-refractivity contribution in [3.05, 3.63) is 35.0 Å². The highest BCUT2D eigenvalue weighted by atomic mass is 35.5. The Morgan fingerprint density at radius 3 is 2.83 bits per heavy atom. The number of hydrogen-bond donors (Lipinski definition) is 2. The molecule has 98 valence electrons. The number of benzene rings is 1. The number of rotatable bonds is 6. The Labute approximate surface area is 112 Å². The lowest BCUT2D eigenvalue weighted by Gasteiger charge is -2.03. The lowest BCUT2D eigenvalue weighted by Crippen LogP contribution is -2.00. The Morgan fingerprint density at radius 1 is 1.28 bits per heavy atom. The maximum absolute atomic E-state index is 8.95. The van der Waals surface area contributed by atoms with E-state index in [1.54, 1.807) is 0 Å². The maximum Gasteiger partial charge on any atom is 0.0498 e. The molecule has 0 amide bonds. The summed E-state index contributed by atoms with van der Waals surface area (Å²) in [4.78, 5) is 0. The number of nitrogens with zero attached hydrogens (tertiary/aromatic N) is 1. The average Bonchev–Trinajstić information content (AvgIpc) is 2.71. The van der Waals surface area contributed by atoms with Gasteiger partial charge in [0, 0.05) is 35.3 Å². The van der Waals surface area contributed by atoms with Crippen molar-refractivity contribution < 1.29 is 5.11 Å². The molecule has 1 heterocycles. The molecule has 0 aliphatic carbocycles. The molecule has 0 saturated heterocycles. The Kier molecular flexibility index (Phi) is 4.64. The smallest absolute Gasteiger partial charge is 0.0498 e. The van der Waals surface area contributed by atoms with Gasteiger partial charge in [0.1, 0.15) is 0 Å². The zero-order chi connectivity index (χ0) is 13.0. The van der Waals surface area contributed by atoms with Gasteiger partial charge in [-0.3, -0.25) is 0 Å². The average molecular weight is 267 g/mol. The maximum atomic E-state index is 8.95. The van der Waals surface area contributed by atoms with E-state index >= 15 is 0 Å². The quantitative estimate of drug-likeness (QED) is 0.844. The lowest BCUT2D eigenvalue weighted by atomic mass is 10.1. The van der Waals surface area contributed by atoms with Crippen molar-refractivity contribution in [1.29, 1.82) is 0 Å². The Balaban J connectivity index is 2.39. The second-order valence-corrected chi connectivity index (χ2v) is 4.92. The Bertz CT molecular complexity index is 522. The summed E-state index contributed by atoms with van der Waals surface area (Å²) in [5.74, 6) is 0. The molecule has 2 aromatic rings. The molecule has 0 bridgehead atoms. The van der Waals surface area contributed by atoms with Gasteiger partial charge in [-0.05, 0) is 43.5 Å². The first-order valence-electron chi connectivity index (χ1n) is 6.34. The van der Waals surface area contributed by atoms with Crippen molar-refractivity contribution in [2.24, 2.45) is 5.73 Å². The summed E-state index contributed by atoms with van der Waals surface area (Å²) in [6.07, 6.45) is 4.89. The van der Waals surface area contributed by atoms with E-state index in [1.165, 1.54) is 10.9 Å². The second-order valence-electron chi connectivity index (χ2n) is 4.48. The van der Waals surface area contributed by atoms with Gasteiger partial charge in [0.25, 0.3) is 0 Å². The fourth-order valence-corrected chi connectivity index (χ4v) is 2.43. The minimum absolute atomic E-state index is 0.207. The summed E-state index contributed by atoms with van der Waals surface area (Å²) >= 11 is 6.06. The highest BCUT2D eigenvalue weighted by Gasteiger charge is 2.08. The third kappa shape index (κ3) is 2.86. The number of aromatic nitrogens is 1. The first-order chi connectivity index (χ1) is 8.76. The van der Waals surface area contributed by atoms with Gasteiger partial charge in [-0.1, -0.05) is 17.7 Å². The molecule has 1 aromatic heterocycles. The largest absolute Gasteiger partial charge is 0.396 e. The molecule has 0 fully saturated rings. The number of fused-ring (bicyclic) bond motifs is 1. The van der Waals surface area contributed by atoms with Gasteiger partial charge in [-0.15, -0.1) is 0 Å².